The quantitative estimate of drug-likeness (QED) is 0.936. The highest BCUT2D eigenvalue weighted by atomic mass is 19.1. The third-order valence-corrected chi connectivity index (χ3v) is 4.23. The van der Waals surface area contributed by atoms with Crippen LogP contribution in [0.25, 0.3) is 0 Å². The Kier molecular flexibility index (Phi) is 4.60. The van der Waals surface area contributed by atoms with E-state index in [1.165, 1.54) is 12.1 Å². The number of likely N-dealkylation sites (tertiary alicyclic amines) is 1. The van der Waals surface area contributed by atoms with Crippen LogP contribution in [0.3, 0.4) is 0 Å². The molecule has 0 radical (unpaired) electrons. The van der Waals surface area contributed by atoms with Gasteiger partial charge < -0.3 is 10.2 Å². The highest BCUT2D eigenvalue weighted by Crippen LogP contribution is 2.17. The Balaban J connectivity index is 1.70. The molecule has 0 spiro atoms. The minimum absolute atomic E-state index is 0.0198. The molecule has 1 fully saturated rings. The van der Waals surface area contributed by atoms with Gasteiger partial charge in [-0.3, -0.25) is 9.59 Å². The molecular weight excluding hydrogens is 307 g/mol. The number of anilines is 1. The van der Waals surface area contributed by atoms with Crippen molar-refractivity contribution in [2.45, 2.75) is 19.8 Å². The number of halogens is 1. The topological polar surface area (TPSA) is 49.4 Å². The Bertz CT molecular complexity index is 765. The number of carbonyl (C=O) groups is 2. The highest BCUT2D eigenvalue weighted by molar-refractivity contribution is 6.05. The second kappa shape index (κ2) is 6.83. The van der Waals surface area contributed by atoms with Crippen molar-refractivity contribution in [1.82, 2.24) is 4.90 Å². The molecule has 124 valence electrons. The lowest BCUT2D eigenvalue weighted by atomic mass is 10.1. The van der Waals surface area contributed by atoms with Crippen molar-refractivity contribution in [3.63, 3.8) is 0 Å². The van der Waals surface area contributed by atoms with E-state index in [1.54, 1.807) is 37.3 Å². The first-order valence-electron chi connectivity index (χ1n) is 8.01. The molecule has 0 aliphatic carbocycles. The van der Waals surface area contributed by atoms with Crippen LogP contribution in [0, 0.1) is 12.7 Å². The van der Waals surface area contributed by atoms with Crippen molar-refractivity contribution < 1.29 is 14.0 Å². The summed E-state index contributed by atoms with van der Waals surface area (Å²) in [7, 11) is 0. The Labute approximate surface area is 140 Å². The van der Waals surface area contributed by atoms with Gasteiger partial charge in [-0.1, -0.05) is 6.07 Å². The standard InChI is InChI=1S/C19H19FN2O2/c1-13-4-7-15(20)12-17(13)18(23)21-16-8-5-14(6-9-16)19(24)22-10-2-3-11-22/h4-9,12H,2-3,10-11H2,1H3,(H,21,23). The Morgan fingerprint density at radius 1 is 1.04 bits per heavy atom. The molecule has 1 heterocycles. The number of nitrogens with one attached hydrogen (secondary N) is 1. The van der Waals surface area contributed by atoms with Crippen LogP contribution in [0.2, 0.25) is 0 Å². The summed E-state index contributed by atoms with van der Waals surface area (Å²) in [5.41, 5.74) is 2.18. The van der Waals surface area contributed by atoms with E-state index < -0.39 is 5.82 Å². The summed E-state index contributed by atoms with van der Waals surface area (Å²) < 4.78 is 13.3. The number of hydrogen-bond donors (Lipinski definition) is 1. The first-order chi connectivity index (χ1) is 11.5. The van der Waals surface area contributed by atoms with Crippen LogP contribution in [0.1, 0.15) is 39.1 Å². The summed E-state index contributed by atoms with van der Waals surface area (Å²) in [5.74, 6) is -0.797. The second-order valence-corrected chi connectivity index (χ2v) is 5.99. The van der Waals surface area contributed by atoms with Gasteiger partial charge in [0.1, 0.15) is 5.82 Å². The molecule has 2 aromatic carbocycles. The van der Waals surface area contributed by atoms with Crippen molar-refractivity contribution >= 4 is 17.5 Å². The largest absolute Gasteiger partial charge is 0.339 e. The summed E-state index contributed by atoms with van der Waals surface area (Å²) >= 11 is 0. The van der Waals surface area contributed by atoms with Crippen LogP contribution >= 0.6 is 0 Å². The summed E-state index contributed by atoms with van der Waals surface area (Å²) in [6, 6.07) is 10.9. The maximum absolute atomic E-state index is 13.3. The van der Waals surface area contributed by atoms with E-state index in [9.17, 15) is 14.0 Å². The molecule has 0 saturated carbocycles. The Hall–Kier alpha value is -2.69. The molecule has 2 aromatic rings. The monoisotopic (exact) mass is 326 g/mol. The zero-order valence-electron chi connectivity index (χ0n) is 13.5. The number of nitrogens with zero attached hydrogens (tertiary/aromatic N) is 1. The van der Waals surface area contributed by atoms with Gasteiger partial charge in [-0.2, -0.15) is 0 Å². The molecule has 5 heteroatoms. The van der Waals surface area contributed by atoms with Crippen LogP contribution in [0.15, 0.2) is 42.5 Å². The molecule has 0 bridgehead atoms. The Morgan fingerprint density at radius 3 is 2.38 bits per heavy atom. The van der Waals surface area contributed by atoms with Crippen LogP contribution in [0.5, 0.6) is 0 Å². The molecule has 4 nitrogen and oxygen atoms in total. The van der Waals surface area contributed by atoms with E-state index in [1.807, 2.05) is 4.90 Å². The van der Waals surface area contributed by atoms with E-state index in [0.717, 1.165) is 25.9 Å². The van der Waals surface area contributed by atoms with Gasteiger partial charge in [-0.15, -0.1) is 0 Å². The van der Waals surface area contributed by atoms with Gasteiger partial charge >= 0.3 is 0 Å². The molecule has 0 unspecified atom stereocenters. The molecule has 1 N–H and O–H groups in total. The molecule has 0 atom stereocenters. The zero-order valence-corrected chi connectivity index (χ0v) is 13.5. The van der Waals surface area contributed by atoms with Gasteiger partial charge in [0, 0.05) is 29.9 Å². The number of rotatable bonds is 3. The number of benzene rings is 2. The number of amides is 2. The third kappa shape index (κ3) is 3.45. The maximum atomic E-state index is 13.3. The fourth-order valence-electron chi connectivity index (χ4n) is 2.84. The van der Waals surface area contributed by atoms with Crippen molar-refractivity contribution in [3.8, 4) is 0 Å². The first kappa shape index (κ1) is 16.2. The van der Waals surface area contributed by atoms with E-state index in [-0.39, 0.29) is 11.8 Å². The summed E-state index contributed by atoms with van der Waals surface area (Å²) in [5, 5.41) is 2.73. The number of carbonyl (C=O) groups excluding carboxylic acids is 2. The SMILES string of the molecule is Cc1ccc(F)cc1C(=O)Nc1ccc(C(=O)N2CCCC2)cc1. The van der Waals surface area contributed by atoms with Gasteiger partial charge in [-0.25, -0.2) is 4.39 Å². The fourth-order valence-corrected chi connectivity index (χ4v) is 2.84. The summed E-state index contributed by atoms with van der Waals surface area (Å²) in [4.78, 5) is 26.4. The molecule has 1 aliphatic heterocycles. The molecule has 24 heavy (non-hydrogen) atoms. The van der Waals surface area contributed by atoms with Gasteiger partial charge in [0.2, 0.25) is 0 Å². The number of aryl methyl sites for hydroxylation is 1. The van der Waals surface area contributed by atoms with E-state index in [0.29, 0.717) is 22.4 Å². The fraction of sp³-hybridized carbons (Fsp3) is 0.263. The second-order valence-electron chi connectivity index (χ2n) is 5.99. The summed E-state index contributed by atoms with van der Waals surface area (Å²) in [6.07, 6.45) is 2.10. The maximum Gasteiger partial charge on any atom is 0.256 e. The first-order valence-corrected chi connectivity index (χ1v) is 8.01. The molecule has 1 aliphatic rings. The normalized spacial score (nSPS) is 13.8. The predicted molar refractivity (Wildman–Crippen MR) is 90.7 cm³/mol. The van der Waals surface area contributed by atoms with E-state index in [2.05, 4.69) is 5.32 Å². The highest BCUT2D eigenvalue weighted by Gasteiger charge is 2.19. The summed E-state index contributed by atoms with van der Waals surface area (Å²) in [6.45, 7) is 3.36. The molecule has 2 amide bonds. The molecular formula is C19H19FN2O2. The van der Waals surface area contributed by atoms with Gasteiger partial charge in [0.25, 0.3) is 11.8 Å². The van der Waals surface area contributed by atoms with Gasteiger partial charge in [-0.05, 0) is 61.7 Å². The lowest BCUT2D eigenvalue weighted by Crippen LogP contribution is -2.27. The van der Waals surface area contributed by atoms with Crippen LogP contribution in [-0.2, 0) is 0 Å². The minimum atomic E-state index is -0.447. The van der Waals surface area contributed by atoms with Gasteiger partial charge in [0.15, 0.2) is 0 Å². The van der Waals surface area contributed by atoms with Crippen molar-refractivity contribution in [2.24, 2.45) is 0 Å². The zero-order chi connectivity index (χ0) is 17.1. The molecule has 1 saturated heterocycles. The van der Waals surface area contributed by atoms with Crippen molar-refractivity contribution in [2.75, 3.05) is 18.4 Å². The van der Waals surface area contributed by atoms with Gasteiger partial charge in [0.05, 0.1) is 0 Å². The molecule has 3 rings (SSSR count). The number of hydrogen-bond acceptors (Lipinski definition) is 2. The van der Waals surface area contributed by atoms with E-state index in [4.69, 9.17) is 0 Å². The average Bonchev–Trinajstić information content (AvgIpc) is 3.11. The van der Waals surface area contributed by atoms with Crippen molar-refractivity contribution in [1.29, 1.82) is 0 Å². The average molecular weight is 326 g/mol. The lowest BCUT2D eigenvalue weighted by Gasteiger charge is -2.15. The third-order valence-electron chi connectivity index (χ3n) is 4.23. The smallest absolute Gasteiger partial charge is 0.256 e. The van der Waals surface area contributed by atoms with Crippen molar-refractivity contribution in [3.05, 3.63) is 65.0 Å². The van der Waals surface area contributed by atoms with E-state index >= 15 is 0 Å². The Morgan fingerprint density at radius 2 is 1.71 bits per heavy atom. The lowest BCUT2D eigenvalue weighted by molar-refractivity contribution is 0.0792. The minimum Gasteiger partial charge on any atom is -0.339 e. The van der Waals surface area contributed by atoms with Crippen LogP contribution in [0.4, 0.5) is 10.1 Å². The van der Waals surface area contributed by atoms with Crippen LogP contribution in [-0.4, -0.2) is 29.8 Å². The predicted octanol–water partition coefficient (Wildman–Crippen LogP) is 3.62. The molecule has 0 aromatic heterocycles. The van der Waals surface area contributed by atoms with Crippen LogP contribution < -0.4 is 5.32 Å².